The van der Waals surface area contributed by atoms with Crippen molar-refractivity contribution in [2.75, 3.05) is 23.4 Å². The minimum atomic E-state index is -0.0222. The molecule has 0 bridgehead atoms. The number of anilines is 1. The summed E-state index contributed by atoms with van der Waals surface area (Å²) in [4.78, 5) is 11.9. The van der Waals surface area contributed by atoms with Gasteiger partial charge in [-0.25, -0.2) is 0 Å². The van der Waals surface area contributed by atoms with Crippen molar-refractivity contribution in [3.05, 3.63) is 58.6 Å². The van der Waals surface area contributed by atoms with Crippen LogP contribution in [0.5, 0.6) is 5.75 Å². The second-order valence-electron chi connectivity index (χ2n) is 5.51. The summed E-state index contributed by atoms with van der Waals surface area (Å²) < 4.78 is 5.80. The Balaban J connectivity index is 1.62. The van der Waals surface area contributed by atoms with Crippen LogP contribution in [0.1, 0.15) is 17.5 Å². The molecular formula is C19H22ClNO2S. The fourth-order valence-corrected chi connectivity index (χ4v) is 3.03. The van der Waals surface area contributed by atoms with Crippen LogP contribution in [0.25, 0.3) is 0 Å². The molecule has 0 unspecified atom stereocenters. The summed E-state index contributed by atoms with van der Waals surface area (Å²) in [6, 6.07) is 13.4. The molecule has 2 aromatic carbocycles. The first kappa shape index (κ1) is 18.7. The Morgan fingerprint density at radius 2 is 1.96 bits per heavy atom. The molecule has 1 N–H and O–H groups in total. The molecule has 24 heavy (non-hydrogen) atoms. The second-order valence-corrected chi connectivity index (χ2v) is 7.14. The summed E-state index contributed by atoms with van der Waals surface area (Å²) >= 11 is 7.72. The van der Waals surface area contributed by atoms with Crippen LogP contribution in [0.15, 0.2) is 42.5 Å². The molecule has 0 heterocycles. The largest absolute Gasteiger partial charge is 0.492 e. The molecule has 3 nitrogen and oxygen atoms in total. The van der Waals surface area contributed by atoms with E-state index in [0.29, 0.717) is 23.7 Å². The summed E-state index contributed by atoms with van der Waals surface area (Å²) in [6.07, 6.45) is 0.458. The highest BCUT2D eigenvalue weighted by Crippen LogP contribution is 2.21. The van der Waals surface area contributed by atoms with E-state index in [-0.39, 0.29) is 5.91 Å². The van der Waals surface area contributed by atoms with Crippen LogP contribution in [-0.2, 0) is 4.79 Å². The lowest BCUT2D eigenvalue weighted by Gasteiger charge is -2.10. The molecule has 0 aliphatic rings. The Kier molecular flexibility index (Phi) is 7.47. The van der Waals surface area contributed by atoms with Crippen LogP contribution in [-0.4, -0.2) is 24.0 Å². The summed E-state index contributed by atoms with van der Waals surface area (Å²) in [7, 11) is 0. The predicted molar refractivity (Wildman–Crippen MR) is 103 cm³/mol. The van der Waals surface area contributed by atoms with Crippen molar-refractivity contribution in [3.63, 3.8) is 0 Å². The topological polar surface area (TPSA) is 38.3 Å². The molecule has 0 spiro atoms. The number of nitrogens with one attached hydrogen (secondary N) is 1. The van der Waals surface area contributed by atoms with Gasteiger partial charge in [-0.15, -0.1) is 0 Å². The van der Waals surface area contributed by atoms with Crippen molar-refractivity contribution in [2.45, 2.75) is 20.3 Å². The number of aryl methyl sites for hydroxylation is 2. The highest BCUT2D eigenvalue weighted by molar-refractivity contribution is 7.99. The number of rotatable bonds is 8. The minimum absolute atomic E-state index is 0.0222. The van der Waals surface area contributed by atoms with Crippen LogP contribution in [0.3, 0.4) is 0 Å². The van der Waals surface area contributed by atoms with E-state index >= 15 is 0 Å². The molecule has 0 aliphatic carbocycles. The third-order valence-electron chi connectivity index (χ3n) is 3.45. The molecule has 2 rings (SSSR count). The van der Waals surface area contributed by atoms with E-state index in [1.54, 1.807) is 23.9 Å². The van der Waals surface area contributed by atoms with Gasteiger partial charge in [-0.2, -0.15) is 11.8 Å². The van der Waals surface area contributed by atoms with Gasteiger partial charge in [0.1, 0.15) is 5.75 Å². The van der Waals surface area contributed by atoms with Crippen molar-refractivity contribution in [1.29, 1.82) is 0 Å². The van der Waals surface area contributed by atoms with Gasteiger partial charge in [-0.05, 0) is 43.2 Å². The lowest BCUT2D eigenvalue weighted by Crippen LogP contribution is -2.13. The van der Waals surface area contributed by atoms with Crippen molar-refractivity contribution >= 4 is 35.0 Å². The maximum absolute atomic E-state index is 11.9. The highest BCUT2D eigenvalue weighted by Gasteiger charge is 2.05. The zero-order valence-corrected chi connectivity index (χ0v) is 15.5. The number of carbonyl (C=O) groups is 1. The Hall–Kier alpha value is -1.65. The quantitative estimate of drug-likeness (QED) is 0.663. The second kappa shape index (κ2) is 9.60. The number of hydrogen-bond acceptors (Lipinski definition) is 3. The first-order valence-electron chi connectivity index (χ1n) is 7.88. The average molecular weight is 364 g/mol. The molecule has 0 aromatic heterocycles. The summed E-state index contributed by atoms with van der Waals surface area (Å²) in [5.41, 5.74) is 3.00. The van der Waals surface area contributed by atoms with E-state index < -0.39 is 0 Å². The molecule has 0 saturated carbocycles. The number of amides is 1. The van der Waals surface area contributed by atoms with Crippen molar-refractivity contribution < 1.29 is 9.53 Å². The first-order chi connectivity index (χ1) is 11.6. The van der Waals surface area contributed by atoms with Gasteiger partial charge < -0.3 is 10.1 Å². The van der Waals surface area contributed by atoms with Gasteiger partial charge in [0.05, 0.1) is 17.3 Å². The summed E-state index contributed by atoms with van der Waals surface area (Å²) in [5, 5.41) is 3.38. The minimum Gasteiger partial charge on any atom is -0.492 e. The molecule has 0 radical (unpaired) electrons. The maximum atomic E-state index is 11.9. The smallest absolute Gasteiger partial charge is 0.225 e. The lowest BCUT2D eigenvalue weighted by atomic mass is 10.1. The van der Waals surface area contributed by atoms with Gasteiger partial charge >= 0.3 is 0 Å². The molecule has 0 atom stereocenters. The molecule has 2 aromatic rings. The molecule has 5 heteroatoms. The van der Waals surface area contributed by atoms with Gasteiger partial charge in [0.25, 0.3) is 0 Å². The fraction of sp³-hybridized carbons (Fsp3) is 0.316. The van der Waals surface area contributed by atoms with E-state index in [0.717, 1.165) is 22.8 Å². The average Bonchev–Trinajstić information content (AvgIpc) is 2.56. The zero-order chi connectivity index (χ0) is 17.4. The number of ether oxygens (including phenoxy) is 1. The van der Waals surface area contributed by atoms with E-state index in [4.69, 9.17) is 16.3 Å². The SMILES string of the molecule is Cc1ccc(C)c(OCCSCCC(=O)Nc2ccccc2Cl)c1. The Morgan fingerprint density at radius 1 is 1.17 bits per heavy atom. The first-order valence-corrected chi connectivity index (χ1v) is 9.41. The fourth-order valence-electron chi connectivity index (χ4n) is 2.12. The van der Waals surface area contributed by atoms with Crippen molar-refractivity contribution in [3.8, 4) is 5.75 Å². The number of para-hydroxylation sites is 1. The normalized spacial score (nSPS) is 10.5. The third kappa shape index (κ3) is 6.10. The van der Waals surface area contributed by atoms with E-state index in [1.807, 2.05) is 19.1 Å². The molecule has 0 fully saturated rings. The standard InChI is InChI=1S/C19H22ClNO2S/c1-14-7-8-15(2)18(13-14)23-10-12-24-11-9-19(22)21-17-6-4-3-5-16(17)20/h3-8,13H,9-12H2,1-2H3,(H,21,22). The van der Waals surface area contributed by atoms with E-state index in [9.17, 15) is 4.79 Å². The van der Waals surface area contributed by atoms with E-state index in [1.165, 1.54) is 5.56 Å². The number of thioether (sulfide) groups is 1. The number of benzene rings is 2. The van der Waals surface area contributed by atoms with Crippen LogP contribution in [0.4, 0.5) is 5.69 Å². The number of carbonyl (C=O) groups excluding carboxylic acids is 1. The molecule has 0 saturated heterocycles. The van der Waals surface area contributed by atoms with Gasteiger partial charge in [0, 0.05) is 17.9 Å². The summed E-state index contributed by atoms with van der Waals surface area (Å²) in [5.74, 6) is 2.53. The molecular weight excluding hydrogens is 342 g/mol. The molecule has 128 valence electrons. The lowest BCUT2D eigenvalue weighted by molar-refractivity contribution is -0.115. The molecule has 0 aliphatic heterocycles. The van der Waals surface area contributed by atoms with Crippen LogP contribution in [0.2, 0.25) is 5.02 Å². The summed E-state index contributed by atoms with van der Waals surface area (Å²) in [6.45, 7) is 4.74. The van der Waals surface area contributed by atoms with Gasteiger partial charge in [-0.1, -0.05) is 35.9 Å². The van der Waals surface area contributed by atoms with Crippen LogP contribution < -0.4 is 10.1 Å². The Labute approximate surface area is 152 Å². The molecule has 1 amide bonds. The third-order valence-corrected chi connectivity index (χ3v) is 4.73. The Morgan fingerprint density at radius 3 is 2.75 bits per heavy atom. The van der Waals surface area contributed by atoms with Crippen molar-refractivity contribution in [2.24, 2.45) is 0 Å². The van der Waals surface area contributed by atoms with Crippen LogP contribution in [0, 0.1) is 13.8 Å². The predicted octanol–water partition coefficient (Wildman–Crippen LogP) is 5.10. The number of halogens is 1. The zero-order valence-electron chi connectivity index (χ0n) is 14.0. The van der Waals surface area contributed by atoms with Crippen LogP contribution >= 0.6 is 23.4 Å². The van der Waals surface area contributed by atoms with Gasteiger partial charge in [0.2, 0.25) is 5.91 Å². The number of hydrogen-bond donors (Lipinski definition) is 1. The Bertz CT molecular complexity index is 691. The maximum Gasteiger partial charge on any atom is 0.225 e. The monoisotopic (exact) mass is 363 g/mol. The highest BCUT2D eigenvalue weighted by atomic mass is 35.5. The van der Waals surface area contributed by atoms with E-state index in [2.05, 4.69) is 30.4 Å². The van der Waals surface area contributed by atoms with Gasteiger partial charge in [-0.3, -0.25) is 4.79 Å². The van der Waals surface area contributed by atoms with Gasteiger partial charge in [0.15, 0.2) is 0 Å². The van der Waals surface area contributed by atoms with Crippen molar-refractivity contribution in [1.82, 2.24) is 0 Å².